The van der Waals surface area contributed by atoms with E-state index in [0.717, 1.165) is 0 Å². The van der Waals surface area contributed by atoms with Gasteiger partial charge in [0.15, 0.2) is 0 Å². The van der Waals surface area contributed by atoms with Crippen LogP contribution in [-0.2, 0) is 0 Å². The molecule has 0 unspecified atom stereocenters. The predicted octanol–water partition coefficient (Wildman–Crippen LogP) is 2.79. The third kappa shape index (κ3) is 6.53. The van der Waals surface area contributed by atoms with E-state index >= 15 is 0 Å². The fraction of sp³-hybridized carbons (Fsp3) is 0.800. The van der Waals surface area contributed by atoms with Crippen LogP contribution in [0.1, 0.15) is 0 Å². The van der Waals surface area contributed by atoms with Gasteiger partial charge in [0, 0.05) is 0 Å². The van der Waals surface area contributed by atoms with E-state index in [0.29, 0.717) is 11.9 Å². The number of guanidine groups is 2. The van der Waals surface area contributed by atoms with E-state index in [-0.39, 0.29) is 0 Å². The Morgan fingerprint density at radius 3 is 0.950 bits per heavy atom. The van der Waals surface area contributed by atoms with Crippen LogP contribution >= 0.6 is 38.7 Å². The molecule has 0 amide bonds. The van der Waals surface area contributed by atoms with E-state index in [4.69, 9.17) is 33.7 Å². The van der Waals surface area contributed by atoms with Gasteiger partial charge in [0.25, 0.3) is 0 Å². The third-order valence-electron chi connectivity index (χ3n) is 2.10. The van der Waals surface area contributed by atoms with Gasteiger partial charge in [-0.2, -0.15) is 0 Å². The minimum atomic E-state index is -4.13. The molecule has 0 aromatic rings. The summed E-state index contributed by atoms with van der Waals surface area (Å²) in [4.78, 5) is 2.96. The van der Waals surface area contributed by atoms with Crippen LogP contribution in [-0.4, -0.2) is 87.9 Å². The second kappa shape index (κ2) is 6.73. The van der Waals surface area contributed by atoms with Gasteiger partial charge in [0.1, 0.15) is 0 Å². The second-order valence-corrected chi connectivity index (χ2v) is 14.3. The maximum atomic E-state index is 6.34. The standard InChI is InChI=1S/C10H24Cl3N6P/c1-16(2)9(17(3)4)14-20(11,12,13)15-10(18(5)6)19(7)8/h1-8H3. The van der Waals surface area contributed by atoms with Crippen LogP contribution in [0, 0.1) is 0 Å². The summed E-state index contributed by atoms with van der Waals surface area (Å²) >= 11 is 19.0. The van der Waals surface area contributed by atoms with E-state index in [2.05, 4.69) is 9.53 Å². The zero-order valence-electron chi connectivity index (χ0n) is 13.3. The summed E-state index contributed by atoms with van der Waals surface area (Å²) in [5, 5.41) is 0. The molecule has 0 saturated heterocycles. The Kier molecular flexibility index (Phi) is 6.68. The topological polar surface area (TPSA) is 37.7 Å². The molecule has 0 aromatic heterocycles. The Morgan fingerprint density at radius 2 is 0.800 bits per heavy atom. The van der Waals surface area contributed by atoms with Crippen LogP contribution in [0.5, 0.6) is 0 Å². The van der Waals surface area contributed by atoms with Crippen molar-refractivity contribution in [3.05, 3.63) is 0 Å². The monoisotopic (exact) mass is 364 g/mol. The Morgan fingerprint density at radius 1 is 0.600 bits per heavy atom. The van der Waals surface area contributed by atoms with Crippen molar-refractivity contribution in [2.75, 3.05) is 56.4 Å². The molecule has 0 fully saturated rings. The molecule has 20 heavy (non-hydrogen) atoms. The number of halogens is 3. The number of hydrogen-bond donors (Lipinski definition) is 0. The Labute approximate surface area is 136 Å². The summed E-state index contributed by atoms with van der Waals surface area (Å²) in [6.07, 6.45) is 0. The average Bonchev–Trinajstić information content (AvgIpc) is 2.21. The van der Waals surface area contributed by atoms with E-state index in [1.165, 1.54) is 0 Å². The van der Waals surface area contributed by atoms with Gasteiger partial charge < -0.3 is 0 Å². The van der Waals surface area contributed by atoms with Crippen molar-refractivity contribution in [2.24, 2.45) is 9.53 Å². The zero-order valence-corrected chi connectivity index (χ0v) is 16.4. The molecule has 0 bridgehead atoms. The molecule has 6 nitrogen and oxygen atoms in total. The van der Waals surface area contributed by atoms with Crippen LogP contribution < -0.4 is 0 Å². The average molecular weight is 366 g/mol. The van der Waals surface area contributed by atoms with Crippen molar-refractivity contribution in [3.63, 3.8) is 0 Å². The molecular formula is C10H24Cl3N6P. The second-order valence-electron chi connectivity index (χ2n) is 5.11. The molecule has 0 radical (unpaired) electrons. The van der Waals surface area contributed by atoms with Gasteiger partial charge in [-0.3, -0.25) is 0 Å². The van der Waals surface area contributed by atoms with Crippen molar-refractivity contribution in [2.45, 2.75) is 0 Å². The van der Waals surface area contributed by atoms with Crippen LogP contribution in [0.2, 0.25) is 0 Å². The summed E-state index contributed by atoms with van der Waals surface area (Å²) in [7, 11) is 14.7. The quantitative estimate of drug-likeness (QED) is 0.428. The molecule has 0 rings (SSSR count). The maximum absolute atomic E-state index is 6.34. The molecule has 0 saturated carbocycles. The first-order valence-corrected chi connectivity index (χ1v) is 10.7. The zero-order chi connectivity index (χ0) is 16.3. The molecular weight excluding hydrogens is 341 g/mol. The van der Waals surface area contributed by atoms with Gasteiger partial charge >= 0.3 is 136 Å². The van der Waals surface area contributed by atoms with Crippen LogP contribution in [0.15, 0.2) is 9.53 Å². The summed E-state index contributed by atoms with van der Waals surface area (Å²) in [5.74, 6) is 1.09. The first-order chi connectivity index (χ1) is 8.74. The summed E-state index contributed by atoms with van der Waals surface area (Å²) in [6.45, 7) is 0. The number of nitrogens with zero attached hydrogens (tertiary/aromatic N) is 6. The van der Waals surface area contributed by atoms with Crippen LogP contribution in [0.25, 0.3) is 0 Å². The summed E-state index contributed by atoms with van der Waals surface area (Å²) in [6, 6.07) is 0. The molecule has 0 aromatic carbocycles. The number of hydrogen-bond acceptors (Lipinski definition) is 2. The Balaban J connectivity index is 5.87. The van der Waals surface area contributed by atoms with E-state index in [9.17, 15) is 0 Å². The van der Waals surface area contributed by atoms with Crippen LogP contribution in [0.4, 0.5) is 0 Å². The van der Waals surface area contributed by atoms with Crippen LogP contribution in [0.3, 0.4) is 0 Å². The van der Waals surface area contributed by atoms with Crippen molar-refractivity contribution < 1.29 is 0 Å². The molecule has 0 aliphatic heterocycles. The SMILES string of the molecule is CN(C)C(=NP(Cl)(Cl)(Cl)N=C(N(C)C)N(C)C)N(C)C. The normalized spacial score (nSPS) is 12.8. The fourth-order valence-corrected chi connectivity index (χ4v) is 4.01. The van der Waals surface area contributed by atoms with E-state index < -0.39 is 4.96 Å². The molecule has 0 atom stereocenters. The molecule has 10 heteroatoms. The molecule has 0 aliphatic rings. The summed E-state index contributed by atoms with van der Waals surface area (Å²) in [5.41, 5.74) is 0. The number of rotatable bonds is 2. The molecule has 0 N–H and O–H groups in total. The van der Waals surface area contributed by atoms with Crippen molar-refractivity contribution in [1.29, 1.82) is 0 Å². The van der Waals surface area contributed by atoms with E-state index in [1.807, 2.05) is 56.4 Å². The molecule has 0 heterocycles. The minimum absolute atomic E-state index is 0.545. The van der Waals surface area contributed by atoms with Crippen molar-refractivity contribution in [1.82, 2.24) is 19.6 Å². The predicted molar refractivity (Wildman–Crippen MR) is 94.1 cm³/mol. The third-order valence-corrected chi connectivity index (χ3v) is 4.45. The van der Waals surface area contributed by atoms with Gasteiger partial charge in [-0.05, 0) is 0 Å². The first-order valence-electron chi connectivity index (χ1n) is 5.83. The molecule has 0 spiro atoms. The van der Waals surface area contributed by atoms with Crippen molar-refractivity contribution >= 4 is 50.6 Å². The first kappa shape index (κ1) is 19.8. The van der Waals surface area contributed by atoms with Gasteiger partial charge in [-0.1, -0.05) is 0 Å². The fourth-order valence-electron chi connectivity index (χ4n) is 1.46. The van der Waals surface area contributed by atoms with Crippen molar-refractivity contribution in [3.8, 4) is 0 Å². The summed E-state index contributed by atoms with van der Waals surface area (Å²) < 4.78 is 8.60. The van der Waals surface area contributed by atoms with Gasteiger partial charge in [0.05, 0.1) is 0 Å². The molecule has 0 aliphatic carbocycles. The van der Waals surface area contributed by atoms with Gasteiger partial charge in [0.2, 0.25) is 0 Å². The Hall–Kier alpha value is -0.160. The van der Waals surface area contributed by atoms with Gasteiger partial charge in [-0.15, -0.1) is 0 Å². The Bertz CT molecular complexity index is 344. The molecule has 120 valence electrons. The van der Waals surface area contributed by atoms with E-state index in [1.54, 1.807) is 19.6 Å². The van der Waals surface area contributed by atoms with Gasteiger partial charge in [-0.25, -0.2) is 0 Å².